The molecular weight excluding hydrogens is 354 g/mol. The summed E-state index contributed by atoms with van der Waals surface area (Å²) in [5.41, 5.74) is 2.53. The molecule has 2 aliphatic rings. The molecule has 9 heteroatoms. The van der Waals surface area contributed by atoms with Crippen molar-refractivity contribution in [2.45, 2.75) is 43.4 Å². The monoisotopic (exact) mass is 375 g/mol. The Kier molecular flexibility index (Phi) is 4.51. The minimum Gasteiger partial charge on any atom is -0.349 e. The topological polar surface area (TPSA) is 105 Å². The Hall–Kier alpha value is -2.23. The molecule has 2 aromatic rings. The first kappa shape index (κ1) is 17.2. The maximum Gasteiger partial charge on any atom is 0.241 e. The molecule has 4 rings (SSSR count). The molecule has 2 aliphatic heterocycles. The number of sulfonamides is 1. The molecule has 1 aromatic heterocycles. The first-order chi connectivity index (χ1) is 12.5. The van der Waals surface area contributed by atoms with Crippen LogP contribution >= 0.6 is 0 Å². The summed E-state index contributed by atoms with van der Waals surface area (Å²) in [7, 11) is -3.66. The molecular formula is C17H21N5O3S. The van der Waals surface area contributed by atoms with Crippen LogP contribution in [0.1, 0.15) is 23.4 Å². The first-order valence-corrected chi connectivity index (χ1v) is 10.2. The normalized spacial score (nSPS) is 21.3. The number of hydrogen-bond donors (Lipinski definition) is 3. The standard InChI is InChI=1S/C17H21N5O3S/c23-17(15-8-12-4-1-2-5-16(12)26(24,25)21-15)19-10-13-9-14-11-18-6-3-7-22(14)20-13/h1-2,4-5,9,15,18,21H,3,6-8,10-11H2,(H,19,23)/t15-/m1/s1. The number of carbonyl (C=O) groups excluding carboxylic acids is 1. The summed E-state index contributed by atoms with van der Waals surface area (Å²) in [6.07, 6.45) is 1.36. The van der Waals surface area contributed by atoms with Crippen LogP contribution in [0.15, 0.2) is 35.2 Å². The number of rotatable bonds is 3. The van der Waals surface area contributed by atoms with Crippen molar-refractivity contribution in [1.29, 1.82) is 0 Å². The Morgan fingerprint density at radius 3 is 3.08 bits per heavy atom. The molecule has 1 atom stereocenters. The zero-order valence-electron chi connectivity index (χ0n) is 14.2. The van der Waals surface area contributed by atoms with Gasteiger partial charge in [-0.3, -0.25) is 9.48 Å². The van der Waals surface area contributed by atoms with Gasteiger partial charge in [0.05, 0.1) is 22.8 Å². The highest BCUT2D eigenvalue weighted by atomic mass is 32.2. The van der Waals surface area contributed by atoms with E-state index in [1.807, 2.05) is 10.7 Å². The number of benzene rings is 1. The van der Waals surface area contributed by atoms with Crippen LogP contribution in [-0.4, -0.2) is 36.7 Å². The minimum atomic E-state index is -3.66. The van der Waals surface area contributed by atoms with E-state index in [0.717, 1.165) is 37.4 Å². The summed E-state index contributed by atoms with van der Waals surface area (Å²) < 4.78 is 29.1. The fourth-order valence-electron chi connectivity index (χ4n) is 3.40. The van der Waals surface area contributed by atoms with Gasteiger partial charge in [0.15, 0.2) is 0 Å². The van der Waals surface area contributed by atoms with Crippen molar-refractivity contribution < 1.29 is 13.2 Å². The van der Waals surface area contributed by atoms with Crippen molar-refractivity contribution >= 4 is 15.9 Å². The second-order valence-electron chi connectivity index (χ2n) is 6.58. The lowest BCUT2D eigenvalue weighted by Gasteiger charge is -2.24. The van der Waals surface area contributed by atoms with Gasteiger partial charge in [-0.1, -0.05) is 18.2 Å². The fraction of sp³-hybridized carbons (Fsp3) is 0.412. The maximum absolute atomic E-state index is 12.5. The van der Waals surface area contributed by atoms with E-state index in [1.165, 1.54) is 0 Å². The average Bonchev–Trinajstić information content (AvgIpc) is 2.88. The lowest BCUT2D eigenvalue weighted by molar-refractivity contribution is -0.122. The van der Waals surface area contributed by atoms with Crippen molar-refractivity contribution in [1.82, 2.24) is 25.1 Å². The van der Waals surface area contributed by atoms with E-state index in [4.69, 9.17) is 0 Å². The van der Waals surface area contributed by atoms with Gasteiger partial charge in [0.25, 0.3) is 0 Å². The van der Waals surface area contributed by atoms with E-state index < -0.39 is 16.1 Å². The van der Waals surface area contributed by atoms with Gasteiger partial charge in [-0.05, 0) is 37.1 Å². The number of fused-ring (bicyclic) bond motifs is 2. The minimum absolute atomic E-state index is 0.245. The molecule has 3 N–H and O–H groups in total. The number of nitrogens with one attached hydrogen (secondary N) is 3. The Morgan fingerprint density at radius 1 is 1.35 bits per heavy atom. The van der Waals surface area contributed by atoms with Crippen molar-refractivity contribution in [2.75, 3.05) is 6.54 Å². The van der Waals surface area contributed by atoms with E-state index in [2.05, 4.69) is 20.5 Å². The van der Waals surface area contributed by atoms with Crippen molar-refractivity contribution in [2.24, 2.45) is 0 Å². The van der Waals surface area contributed by atoms with Crippen LogP contribution in [0.5, 0.6) is 0 Å². The molecule has 0 aliphatic carbocycles. The van der Waals surface area contributed by atoms with Crippen LogP contribution in [0.25, 0.3) is 0 Å². The summed E-state index contributed by atoms with van der Waals surface area (Å²) in [6.45, 7) is 2.87. The van der Waals surface area contributed by atoms with Crippen LogP contribution in [-0.2, 0) is 40.9 Å². The van der Waals surface area contributed by atoms with Crippen LogP contribution < -0.4 is 15.4 Å². The smallest absolute Gasteiger partial charge is 0.241 e. The zero-order chi connectivity index (χ0) is 18.1. The number of hydrogen-bond acceptors (Lipinski definition) is 5. The molecule has 1 amide bonds. The molecule has 138 valence electrons. The van der Waals surface area contributed by atoms with E-state index in [1.54, 1.807) is 24.3 Å². The third-order valence-corrected chi connectivity index (χ3v) is 6.26. The lowest BCUT2D eigenvalue weighted by atomic mass is 10.1. The number of aromatic nitrogens is 2. The van der Waals surface area contributed by atoms with Crippen molar-refractivity contribution in [3.8, 4) is 0 Å². The number of carbonyl (C=O) groups is 1. The fourth-order valence-corrected chi connectivity index (χ4v) is 4.85. The molecule has 1 aromatic carbocycles. The van der Waals surface area contributed by atoms with Crippen molar-refractivity contribution in [3.63, 3.8) is 0 Å². The molecule has 3 heterocycles. The SMILES string of the molecule is O=C(NCc1cc2n(n1)CCCNC2)[C@H]1Cc2ccccc2S(=O)(=O)N1. The Labute approximate surface area is 152 Å². The summed E-state index contributed by atoms with van der Waals surface area (Å²) in [5.74, 6) is -0.343. The lowest BCUT2D eigenvalue weighted by Crippen LogP contribution is -2.50. The largest absolute Gasteiger partial charge is 0.349 e. The van der Waals surface area contributed by atoms with Crippen LogP contribution in [0.4, 0.5) is 0 Å². The maximum atomic E-state index is 12.5. The summed E-state index contributed by atoms with van der Waals surface area (Å²) in [6, 6.07) is 7.92. The highest BCUT2D eigenvalue weighted by Crippen LogP contribution is 2.22. The quantitative estimate of drug-likeness (QED) is 0.695. The van der Waals surface area contributed by atoms with E-state index in [-0.39, 0.29) is 17.3 Å². The molecule has 0 spiro atoms. The Bertz CT molecular complexity index is 914. The molecule has 0 fully saturated rings. The summed E-state index contributed by atoms with van der Waals surface area (Å²) >= 11 is 0. The molecule has 0 saturated carbocycles. The average molecular weight is 375 g/mol. The molecule has 0 radical (unpaired) electrons. The number of nitrogens with zero attached hydrogens (tertiary/aromatic N) is 2. The molecule has 0 unspecified atom stereocenters. The second-order valence-corrected chi connectivity index (χ2v) is 8.27. The second kappa shape index (κ2) is 6.82. The molecule has 26 heavy (non-hydrogen) atoms. The molecule has 8 nitrogen and oxygen atoms in total. The van der Waals surface area contributed by atoms with Gasteiger partial charge < -0.3 is 10.6 Å². The Balaban J connectivity index is 1.43. The van der Waals surface area contributed by atoms with Gasteiger partial charge >= 0.3 is 0 Å². The summed E-state index contributed by atoms with van der Waals surface area (Å²) in [4.78, 5) is 12.7. The molecule has 0 saturated heterocycles. The third-order valence-electron chi connectivity index (χ3n) is 4.69. The van der Waals surface area contributed by atoms with Gasteiger partial charge in [0.2, 0.25) is 15.9 Å². The third kappa shape index (κ3) is 3.37. The van der Waals surface area contributed by atoms with Gasteiger partial charge in [0, 0.05) is 13.1 Å². The van der Waals surface area contributed by atoms with Gasteiger partial charge in [-0.25, -0.2) is 8.42 Å². The van der Waals surface area contributed by atoms with Gasteiger partial charge in [-0.15, -0.1) is 0 Å². The van der Waals surface area contributed by atoms with Crippen LogP contribution in [0, 0.1) is 0 Å². The predicted octanol–water partition coefficient (Wildman–Crippen LogP) is -0.104. The number of amides is 1. The highest BCUT2D eigenvalue weighted by molar-refractivity contribution is 7.89. The van der Waals surface area contributed by atoms with Crippen LogP contribution in [0.3, 0.4) is 0 Å². The van der Waals surface area contributed by atoms with Gasteiger partial charge in [-0.2, -0.15) is 9.82 Å². The highest BCUT2D eigenvalue weighted by Gasteiger charge is 2.33. The van der Waals surface area contributed by atoms with E-state index in [0.29, 0.717) is 12.0 Å². The predicted molar refractivity (Wildman–Crippen MR) is 94.7 cm³/mol. The number of aryl methyl sites for hydroxylation is 1. The van der Waals surface area contributed by atoms with E-state index in [9.17, 15) is 13.2 Å². The first-order valence-electron chi connectivity index (χ1n) is 8.67. The summed E-state index contributed by atoms with van der Waals surface area (Å²) in [5, 5.41) is 10.6. The van der Waals surface area contributed by atoms with Crippen molar-refractivity contribution in [3.05, 3.63) is 47.3 Å². The Morgan fingerprint density at radius 2 is 2.19 bits per heavy atom. The van der Waals surface area contributed by atoms with Crippen LogP contribution in [0.2, 0.25) is 0 Å². The van der Waals surface area contributed by atoms with Gasteiger partial charge in [0.1, 0.15) is 6.04 Å². The molecule has 0 bridgehead atoms. The zero-order valence-corrected chi connectivity index (χ0v) is 15.1. The van der Waals surface area contributed by atoms with E-state index >= 15 is 0 Å².